The Balaban J connectivity index is 2.49. The second kappa shape index (κ2) is 2.67. The normalized spacial score (nSPS) is 20.1. The minimum absolute atomic E-state index is 0.258. The van der Waals surface area contributed by atoms with Gasteiger partial charge in [-0.2, -0.15) is 0 Å². The fourth-order valence-electron chi connectivity index (χ4n) is 1.01. The summed E-state index contributed by atoms with van der Waals surface area (Å²) in [5, 5.41) is 0. The molecule has 0 atom stereocenters. The molecule has 0 unspecified atom stereocenters. The van der Waals surface area contributed by atoms with Crippen LogP contribution in [0.15, 0.2) is 12.3 Å². The predicted molar refractivity (Wildman–Crippen MR) is 35.8 cm³/mol. The largest absolute Gasteiger partial charge is 0.319 e. The van der Waals surface area contributed by atoms with Crippen molar-refractivity contribution in [2.45, 2.75) is 19.8 Å². The lowest BCUT2D eigenvalue weighted by molar-refractivity contribution is -0.125. The molecule has 0 bridgehead atoms. The molecule has 1 aliphatic heterocycles. The fraction of sp³-hybridized carbons (Fsp3) is 0.571. The summed E-state index contributed by atoms with van der Waals surface area (Å²) in [6.45, 7) is 2.83. The zero-order chi connectivity index (χ0) is 6.69. The zero-order valence-corrected chi connectivity index (χ0v) is 5.63. The first-order valence-electron chi connectivity index (χ1n) is 3.27. The standard InChI is InChI=1S/C7H11NO/c1-2-5-8-6-3-4-7(8)9/h2,5H,3-4,6H2,1H3/b5-2+. The average molecular weight is 125 g/mol. The first kappa shape index (κ1) is 6.33. The van der Waals surface area contributed by atoms with Gasteiger partial charge in [0, 0.05) is 19.2 Å². The van der Waals surface area contributed by atoms with Crippen LogP contribution in [0.3, 0.4) is 0 Å². The van der Waals surface area contributed by atoms with Gasteiger partial charge < -0.3 is 4.90 Å². The second-order valence-electron chi connectivity index (χ2n) is 2.17. The van der Waals surface area contributed by atoms with E-state index in [0.717, 1.165) is 19.4 Å². The van der Waals surface area contributed by atoms with Crippen molar-refractivity contribution in [2.75, 3.05) is 6.54 Å². The number of hydrogen-bond acceptors (Lipinski definition) is 1. The van der Waals surface area contributed by atoms with Gasteiger partial charge in [0.1, 0.15) is 0 Å². The summed E-state index contributed by atoms with van der Waals surface area (Å²) in [4.78, 5) is 12.6. The molecule has 0 radical (unpaired) electrons. The first-order valence-corrected chi connectivity index (χ1v) is 3.27. The van der Waals surface area contributed by atoms with E-state index in [1.807, 2.05) is 19.2 Å². The van der Waals surface area contributed by atoms with Gasteiger partial charge in [-0.1, -0.05) is 6.08 Å². The van der Waals surface area contributed by atoms with Crippen molar-refractivity contribution in [1.29, 1.82) is 0 Å². The van der Waals surface area contributed by atoms with Gasteiger partial charge in [-0.05, 0) is 13.3 Å². The van der Waals surface area contributed by atoms with Crippen LogP contribution in [0.25, 0.3) is 0 Å². The van der Waals surface area contributed by atoms with Crippen molar-refractivity contribution in [2.24, 2.45) is 0 Å². The Bertz CT molecular complexity index is 140. The Morgan fingerprint density at radius 1 is 1.67 bits per heavy atom. The lowest BCUT2D eigenvalue weighted by Crippen LogP contribution is -2.16. The first-order chi connectivity index (χ1) is 4.34. The van der Waals surface area contributed by atoms with Crippen LogP contribution < -0.4 is 0 Å². The highest BCUT2D eigenvalue weighted by molar-refractivity contribution is 5.79. The summed E-state index contributed by atoms with van der Waals surface area (Å²) in [6, 6.07) is 0. The average Bonchev–Trinajstić information content (AvgIpc) is 2.18. The van der Waals surface area contributed by atoms with Crippen molar-refractivity contribution < 1.29 is 4.79 Å². The third-order valence-electron chi connectivity index (χ3n) is 1.44. The topological polar surface area (TPSA) is 20.3 Å². The van der Waals surface area contributed by atoms with Gasteiger partial charge in [0.2, 0.25) is 5.91 Å². The quantitative estimate of drug-likeness (QED) is 0.514. The van der Waals surface area contributed by atoms with Crippen LogP contribution in [0, 0.1) is 0 Å². The Kier molecular flexibility index (Phi) is 1.88. The van der Waals surface area contributed by atoms with Gasteiger partial charge >= 0.3 is 0 Å². The summed E-state index contributed by atoms with van der Waals surface area (Å²) >= 11 is 0. The molecule has 0 spiro atoms. The lowest BCUT2D eigenvalue weighted by atomic mass is 10.4. The number of carbonyl (C=O) groups is 1. The highest BCUT2D eigenvalue weighted by atomic mass is 16.2. The molecule has 0 N–H and O–H groups in total. The number of allylic oxidation sites excluding steroid dienone is 1. The summed E-state index contributed by atoms with van der Waals surface area (Å²) < 4.78 is 0. The van der Waals surface area contributed by atoms with Crippen LogP contribution in [0.4, 0.5) is 0 Å². The summed E-state index contributed by atoms with van der Waals surface area (Å²) in [5.41, 5.74) is 0. The minimum atomic E-state index is 0.258. The molecule has 1 amide bonds. The summed E-state index contributed by atoms with van der Waals surface area (Å²) in [5.74, 6) is 0.258. The molecule has 1 rings (SSSR count). The van der Waals surface area contributed by atoms with E-state index in [1.54, 1.807) is 4.90 Å². The Labute approximate surface area is 55.2 Å². The molecule has 1 heterocycles. The maximum Gasteiger partial charge on any atom is 0.226 e. The molecule has 1 fully saturated rings. The number of hydrogen-bond donors (Lipinski definition) is 0. The number of nitrogens with zero attached hydrogens (tertiary/aromatic N) is 1. The monoisotopic (exact) mass is 125 g/mol. The molecule has 50 valence electrons. The number of amides is 1. The molecule has 9 heavy (non-hydrogen) atoms. The van der Waals surface area contributed by atoms with Crippen molar-refractivity contribution in [1.82, 2.24) is 4.90 Å². The molecule has 0 aromatic rings. The molecule has 0 aliphatic carbocycles. The zero-order valence-electron chi connectivity index (χ0n) is 5.63. The molecule has 2 nitrogen and oxygen atoms in total. The van der Waals surface area contributed by atoms with Crippen LogP contribution in [-0.2, 0) is 4.79 Å². The van der Waals surface area contributed by atoms with E-state index in [-0.39, 0.29) is 5.91 Å². The molecule has 0 saturated carbocycles. The molecule has 1 aliphatic rings. The molecular weight excluding hydrogens is 114 g/mol. The van der Waals surface area contributed by atoms with E-state index in [9.17, 15) is 4.79 Å². The fourth-order valence-corrected chi connectivity index (χ4v) is 1.01. The Hall–Kier alpha value is -0.790. The van der Waals surface area contributed by atoms with E-state index in [1.165, 1.54) is 0 Å². The molecule has 1 saturated heterocycles. The van der Waals surface area contributed by atoms with Crippen LogP contribution in [0.5, 0.6) is 0 Å². The molecular formula is C7H11NO. The maximum atomic E-state index is 10.8. The van der Waals surface area contributed by atoms with Crippen molar-refractivity contribution >= 4 is 5.91 Å². The van der Waals surface area contributed by atoms with Crippen molar-refractivity contribution in [3.63, 3.8) is 0 Å². The Morgan fingerprint density at radius 2 is 2.44 bits per heavy atom. The van der Waals surface area contributed by atoms with Gasteiger partial charge in [-0.25, -0.2) is 0 Å². The van der Waals surface area contributed by atoms with Crippen LogP contribution >= 0.6 is 0 Å². The van der Waals surface area contributed by atoms with Crippen LogP contribution in [0.2, 0.25) is 0 Å². The van der Waals surface area contributed by atoms with Crippen molar-refractivity contribution in [3.05, 3.63) is 12.3 Å². The minimum Gasteiger partial charge on any atom is -0.319 e. The van der Waals surface area contributed by atoms with E-state index >= 15 is 0 Å². The van der Waals surface area contributed by atoms with Crippen LogP contribution in [-0.4, -0.2) is 17.4 Å². The number of carbonyl (C=O) groups excluding carboxylic acids is 1. The number of rotatable bonds is 1. The third-order valence-corrected chi connectivity index (χ3v) is 1.44. The second-order valence-corrected chi connectivity index (χ2v) is 2.17. The molecule has 0 aromatic heterocycles. The molecule has 0 aromatic carbocycles. The van der Waals surface area contributed by atoms with Gasteiger partial charge in [0.25, 0.3) is 0 Å². The van der Waals surface area contributed by atoms with E-state index < -0.39 is 0 Å². The van der Waals surface area contributed by atoms with E-state index in [0.29, 0.717) is 0 Å². The van der Waals surface area contributed by atoms with Gasteiger partial charge in [0.05, 0.1) is 0 Å². The smallest absolute Gasteiger partial charge is 0.226 e. The summed E-state index contributed by atoms with van der Waals surface area (Å²) in [7, 11) is 0. The molecule has 2 heteroatoms. The van der Waals surface area contributed by atoms with E-state index in [2.05, 4.69) is 0 Å². The Morgan fingerprint density at radius 3 is 2.89 bits per heavy atom. The third kappa shape index (κ3) is 1.31. The maximum absolute atomic E-state index is 10.8. The van der Waals surface area contributed by atoms with E-state index in [4.69, 9.17) is 0 Å². The summed E-state index contributed by atoms with van der Waals surface area (Å²) in [6.07, 6.45) is 5.48. The SMILES string of the molecule is C/C=C/N1CCCC1=O. The number of likely N-dealkylation sites (tertiary alicyclic amines) is 1. The predicted octanol–water partition coefficient (Wildman–Crippen LogP) is 1.14. The van der Waals surface area contributed by atoms with Crippen molar-refractivity contribution in [3.8, 4) is 0 Å². The van der Waals surface area contributed by atoms with Gasteiger partial charge in [0.15, 0.2) is 0 Å². The van der Waals surface area contributed by atoms with Gasteiger partial charge in [-0.15, -0.1) is 0 Å². The van der Waals surface area contributed by atoms with Crippen LogP contribution in [0.1, 0.15) is 19.8 Å². The highest BCUT2D eigenvalue weighted by Crippen LogP contribution is 2.08. The van der Waals surface area contributed by atoms with Gasteiger partial charge in [-0.3, -0.25) is 4.79 Å². The highest BCUT2D eigenvalue weighted by Gasteiger charge is 2.16. The lowest BCUT2D eigenvalue weighted by Gasteiger charge is -2.06.